The van der Waals surface area contributed by atoms with E-state index in [1.54, 1.807) is 11.8 Å². The average molecular weight is 328 g/mol. The Bertz CT molecular complexity index is 431. The van der Waals surface area contributed by atoms with E-state index in [1.807, 2.05) is 0 Å². The van der Waals surface area contributed by atoms with E-state index in [0.717, 1.165) is 25.7 Å². The van der Waals surface area contributed by atoms with Crippen LogP contribution in [0.4, 0.5) is 0 Å². The van der Waals surface area contributed by atoms with Crippen molar-refractivity contribution in [1.82, 2.24) is 0 Å². The van der Waals surface area contributed by atoms with Crippen molar-refractivity contribution in [2.24, 2.45) is 0 Å². The fraction of sp³-hybridized carbons (Fsp3) is 0.750. The molecule has 21 heavy (non-hydrogen) atoms. The first-order chi connectivity index (χ1) is 10.1. The number of hydrogen-bond donors (Lipinski definition) is 0. The SMILES string of the molecule is CCCCC1CCCCCC(C)SC2=C(S1)C(=O)OC2=O. The number of carbonyl (C=O) groups is 2. The van der Waals surface area contributed by atoms with Crippen molar-refractivity contribution < 1.29 is 14.3 Å². The predicted octanol–water partition coefficient (Wildman–Crippen LogP) is 4.66. The molecule has 0 spiro atoms. The highest BCUT2D eigenvalue weighted by Gasteiger charge is 2.36. The van der Waals surface area contributed by atoms with E-state index in [0.29, 0.717) is 20.3 Å². The molecule has 3 nitrogen and oxygen atoms in total. The van der Waals surface area contributed by atoms with Crippen LogP contribution >= 0.6 is 23.5 Å². The fourth-order valence-corrected chi connectivity index (χ4v) is 5.20. The second-order valence-corrected chi connectivity index (χ2v) is 8.54. The van der Waals surface area contributed by atoms with Gasteiger partial charge in [-0.3, -0.25) is 0 Å². The van der Waals surface area contributed by atoms with E-state index in [2.05, 4.69) is 13.8 Å². The summed E-state index contributed by atoms with van der Waals surface area (Å²) in [6.07, 6.45) is 9.33. The molecule has 2 heterocycles. The van der Waals surface area contributed by atoms with Crippen LogP contribution < -0.4 is 0 Å². The number of hydrogen-bond acceptors (Lipinski definition) is 5. The van der Waals surface area contributed by atoms with Crippen LogP contribution in [0.1, 0.15) is 65.2 Å². The summed E-state index contributed by atoms with van der Waals surface area (Å²) in [7, 11) is 0. The molecule has 0 aromatic carbocycles. The number of carbonyl (C=O) groups excluding carboxylic acids is 2. The maximum Gasteiger partial charge on any atom is 0.353 e. The highest BCUT2D eigenvalue weighted by Crippen LogP contribution is 2.42. The van der Waals surface area contributed by atoms with E-state index in [-0.39, 0.29) is 0 Å². The van der Waals surface area contributed by atoms with Crippen LogP contribution in [0.15, 0.2) is 9.81 Å². The Morgan fingerprint density at radius 2 is 1.71 bits per heavy atom. The number of thioether (sulfide) groups is 2. The second kappa shape index (κ2) is 8.28. The van der Waals surface area contributed by atoms with Crippen LogP contribution in [0.5, 0.6) is 0 Å². The van der Waals surface area contributed by atoms with Crippen molar-refractivity contribution >= 4 is 35.5 Å². The molecule has 0 fully saturated rings. The van der Waals surface area contributed by atoms with E-state index in [4.69, 9.17) is 4.74 Å². The van der Waals surface area contributed by atoms with Crippen molar-refractivity contribution in [2.75, 3.05) is 0 Å². The Morgan fingerprint density at radius 1 is 1.05 bits per heavy atom. The molecule has 0 aromatic rings. The van der Waals surface area contributed by atoms with E-state index in [9.17, 15) is 9.59 Å². The minimum Gasteiger partial charge on any atom is -0.385 e. The van der Waals surface area contributed by atoms with Crippen molar-refractivity contribution in [3.8, 4) is 0 Å². The molecule has 2 rings (SSSR count). The van der Waals surface area contributed by atoms with E-state index >= 15 is 0 Å². The van der Waals surface area contributed by atoms with Crippen LogP contribution in [0.3, 0.4) is 0 Å². The van der Waals surface area contributed by atoms with Crippen molar-refractivity contribution in [3.63, 3.8) is 0 Å². The first-order valence-corrected chi connectivity index (χ1v) is 9.71. The standard InChI is InChI=1S/C16H24O3S2/c1-3-4-9-12-10-7-5-6-8-11(2)20-13-14(21-12)16(18)19-15(13)17/h11-12H,3-10H2,1-2H3. The Kier molecular flexibility index (Phi) is 6.68. The largest absolute Gasteiger partial charge is 0.385 e. The van der Waals surface area contributed by atoms with Crippen LogP contribution in [-0.2, 0) is 14.3 Å². The van der Waals surface area contributed by atoms with Crippen LogP contribution in [0.25, 0.3) is 0 Å². The van der Waals surface area contributed by atoms with Gasteiger partial charge in [0.1, 0.15) is 9.81 Å². The highest BCUT2D eigenvalue weighted by molar-refractivity contribution is 8.08. The van der Waals surface area contributed by atoms with Gasteiger partial charge in [-0.1, -0.05) is 46.0 Å². The lowest BCUT2D eigenvalue weighted by Gasteiger charge is -2.15. The van der Waals surface area contributed by atoms with Crippen molar-refractivity contribution in [2.45, 2.75) is 75.7 Å². The Balaban J connectivity index is 2.18. The van der Waals surface area contributed by atoms with Gasteiger partial charge in [0, 0.05) is 10.5 Å². The average Bonchev–Trinajstić information content (AvgIpc) is 2.69. The predicted molar refractivity (Wildman–Crippen MR) is 89.2 cm³/mol. The molecule has 0 amide bonds. The molecule has 2 aliphatic rings. The molecule has 2 aliphatic heterocycles. The van der Waals surface area contributed by atoms with Crippen LogP contribution in [-0.4, -0.2) is 22.4 Å². The summed E-state index contributed by atoms with van der Waals surface area (Å²) in [5.41, 5.74) is 0. The summed E-state index contributed by atoms with van der Waals surface area (Å²) in [4.78, 5) is 25.0. The lowest BCUT2D eigenvalue weighted by atomic mass is 10.1. The summed E-state index contributed by atoms with van der Waals surface area (Å²) < 4.78 is 4.84. The molecule has 0 radical (unpaired) electrons. The first-order valence-electron chi connectivity index (χ1n) is 7.96. The molecule has 2 unspecified atom stereocenters. The Labute approximate surface area is 135 Å². The summed E-state index contributed by atoms with van der Waals surface area (Å²) in [6, 6.07) is 0. The number of cyclic esters (lactones) is 2. The zero-order chi connectivity index (χ0) is 15.2. The molecule has 0 aliphatic carbocycles. The number of esters is 2. The number of unbranched alkanes of at least 4 members (excludes halogenated alkanes) is 1. The maximum atomic E-state index is 12.0. The van der Waals surface area contributed by atoms with Crippen LogP contribution in [0, 0.1) is 0 Å². The van der Waals surface area contributed by atoms with Gasteiger partial charge in [-0.15, -0.1) is 23.5 Å². The Morgan fingerprint density at radius 3 is 2.43 bits per heavy atom. The van der Waals surface area contributed by atoms with Gasteiger partial charge in [0.15, 0.2) is 0 Å². The van der Waals surface area contributed by atoms with Gasteiger partial charge in [-0.25, -0.2) is 9.59 Å². The van der Waals surface area contributed by atoms with Gasteiger partial charge >= 0.3 is 11.9 Å². The molecule has 0 saturated carbocycles. The molecule has 0 bridgehead atoms. The highest BCUT2D eigenvalue weighted by atomic mass is 32.2. The second-order valence-electron chi connectivity index (χ2n) is 5.78. The lowest BCUT2D eigenvalue weighted by Crippen LogP contribution is -2.07. The third-order valence-corrected chi connectivity index (χ3v) is 6.67. The van der Waals surface area contributed by atoms with Gasteiger partial charge in [-0.2, -0.15) is 0 Å². The minimum atomic E-state index is -0.437. The normalized spacial score (nSPS) is 28.1. The number of ether oxygens (including phenoxy) is 1. The Hall–Kier alpha value is -0.420. The fourth-order valence-electron chi connectivity index (χ4n) is 2.67. The summed E-state index contributed by atoms with van der Waals surface area (Å²) in [5.74, 6) is -0.867. The molecule has 2 atom stereocenters. The van der Waals surface area contributed by atoms with Gasteiger partial charge in [0.25, 0.3) is 0 Å². The molecule has 0 saturated heterocycles. The molecule has 0 aromatic heterocycles. The van der Waals surface area contributed by atoms with Gasteiger partial charge in [0.2, 0.25) is 0 Å². The summed E-state index contributed by atoms with van der Waals surface area (Å²) >= 11 is 3.11. The van der Waals surface area contributed by atoms with Crippen molar-refractivity contribution in [3.05, 3.63) is 9.81 Å². The third kappa shape index (κ3) is 4.78. The van der Waals surface area contributed by atoms with Gasteiger partial charge in [0.05, 0.1) is 0 Å². The zero-order valence-electron chi connectivity index (χ0n) is 12.9. The monoisotopic (exact) mass is 328 g/mol. The lowest BCUT2D eigenvalue weighted by molar-refractivity contribution is -0.150. The molecular formula is C16H24O3S2. The quantitative estimate of drug-likeness (QED) is 0.557. The molecule has 118 valence electrons. The van der Waals surface area contributed by atoms with E-state index in [1.165, 1.54) is 37.4 Å². The summed E-state index contributed by atoms with van der Waals surface area (Å²) in [6.45, 7) is 4.31. The van der Waals surface area contributed by atoms with Gasteiger partial charge in [-0.05, 0) is 19.3 Å². The molecular weight excluding hydrogens is 304 g/mol. The minimum absolute atomic E-state index is 0.362. The molecule has 0 N–H and O–H groups in total. The van der Waals surface area contributed by atoms with E-state index < -0.39 is 11.9 Å². The topological polar surface area (TPSA) is 43.4 Å². The smallest absolute Gasteiger partial charge is 0.353 e. The number of rotatable bonds is 3. The third-order valence-electron chi connectivity index (χ3n) is 3.88. The van der Waals surface area contributed by atoms with Gasteiger partial charge < -0.3 is 4.74 Å². The molecule has 5 heteroatoms. The first kappa shape index (κ1) is 16.9. The maximum absolute atomic E-state index is 12.0. The van der Waals surface area contributed by atoms with Crippen molar-refractivity contribution in [1.29, 1.82) is 0 Å². The van der Waals surface area contributed by atoms with Crippen LogP contribution in [0.2, 0.25) is 0 Å². The summed E-state index contributed by atoms with van der Waals surface area (Å²) in [5, 5.41) is 0.795. The zero-order valence-corrected chi connectivity index (χ0v) is 14.5.